The van der Waals surface area contributed by atoms with Gasteiger partial charge in [-0.2, -0.15) is 0 Å². The van der Waals surface area contributed by atoms with Crippen LogP contribution in [0.5, 0.6) is 0 Å². The third kappa shape index (κ3) is 2.94. The Bertz CT molecular complexity index is 376. The van der Waals surface area contributed by atoms with Crippen molar-refractivity contribution in [3.8, 4) is 0 Å². The SMILES string of the molecule is Brc1ccc(CCNCC2CC3CCC2C3)s1. The minimum atomic E-state index is 0.990. The molecule has 2 aliphatic rings. The highest BCUT2D eigenvalue weighted by molar-refractivity contribution is 9.11. The van der Waals surface area contributed by atoms with E-state index in [1.807, 2.05) is 11.3 Å². The molecule has 3 rings (SSSR count). The highest BCUT2D eigenvalue weighted by Crippen LogP contribution is 2.47. The van der Waals surface area contributed by atoms with Crippen molar-refractivity contribution in [2.75, 3.05) is 13.1 Å². The molecule has 3 atom stereocenters. The highest BCUT2D eigenvalue weighted by atomic mass is 79.9. The van der Waals surface area contributed by atoms with Gasteiger partial charge in [-0.15, -0.1) is 11.3 Å². The van der Waals surface area contributed by atoms with Gasteiger partial charge in [0.2, 0.25) is 0 Å². The minimum Gasteiger partial charge on any atom is -0.316 e. The number of hydrogen-bond acceptors (Lipinski definition) is 2. The maximum Gasteiger partial charge on any atom is 0.0701 e. The van der Waals surface area contributed by atoms with Crippen LogP contribution in [0, 0.1) is 17.8 Å². The van der Waals surface area contributed by atoms with Crippen molar-refractivity contribution in [1.82, 2.24) is 5.32 Å². The van der Waals surface area contributed by atoms with Crippen LogP contribution in [0.4, 0.5) is 0 Å². The lowest BCUT2D eigenvalue weighted by atomic mass is 9.89. The summed E-state index contributed by atoms with van der Waals surface area (Å²) in [5, 5.41) is 3.66. The summed E-state index contributed by atoms with van der Waals surface area (Å²) < 4.78 is 1.25. The zero-order valence-electron chi connectivity index (χ0n) is 10.1. The van der Waals surface area contributed by atoms with Crippen LogP contribution in [-0.4, -0.2) is 13.1 Å². The molecule has 1 aromatic rings. The lowest BCUT2D eigenvalue weighted by Crippen LogP contribution is -2.27. The van der Waals surface area contributed by atoms with E-state index in [1.54, 1.807) is 0 Å². The van der Waals surface area contributed by atoms with Gasteiger partial charge in [0.15, 0.2) is 0 Å². The fraction of sp³-hybridized carbons (Fsp3) is 0.714. The quantitative estimate of drug-likeness (QED) is 0.808. The van der Waals surface area contributed by atoms with Crippen molar-refractivity contribution in [2.24, 2.45) is 17.8 Å². The van der Waals surface area contributed by atoms with E-state index in [1.165, 1.54) is 47.3 Å². The molecule has 94 valence electrons. The second kappa shape index (κ2) is 5.41. The van der Waals surface area contributed by atoms with Gasteiger partial charge in [-0.1, -0.05) is 6.42 Å². The van der Waals surface area contributed by atoms with Gasteiger partial charge in [-0.3, -0.25) is 0 Å². The Morgan fingerprint density at radius 3 is 2.88 bits per heavy atom. The number of nitrogens with one attached hydrogen (secondary N) is 1. The predicted octanol–water partition coefficient (Wildman–Crippen LogP) is 4.08. The largest absolute Gasteiger partial charge is 0.316 e. The topological polar surface area (TPSA) is 12.0 Å². The number of hydrogen-bond donors (Lipinski definition) is 1. The molecule has 1 nitrogen and oxygen atoms in total. The third-order valence-corrected chi connectivity index (χ3v) is 6.15. The Kier molecular flexibility index (Phi) is 3.88. The molecule has 3 heteroatoms. The minimum absolute atomic E-state index is 0.990. The molecule has 2 aliphatic carbocycles. The van der Waals surface area contributed by atoms with Crippen LogP contribution < -0.4 is 5.32 Å². The first-order valence-corrected chi connectivity index (χ1v) is 8.37. The van der Waals surface area contributed by atoms with Gasteiger partial charge in [0.05, 0.1) is 3.79 Å². The zero-order valence-corrected chi connectivity index (χ0v) is 12.5. The molecule has 1 heterocycles. The van der Waals surface area contributed by atoms with Gasteiger partial charge < -0.3 is 5.32 Å². The fourth-order valence-electron chi connectivity index (χ4n) is 3.61. The molecule has 0 aromatic carbocycles. The Hall–Kier alpha value is 0.140. The maximum atomic E-state index is 3.66. The van der Waals surface area contributed by atoms with Gasteiger partial charge in [-0.25, -0.2) is 0 Å². The Balaban J connectivity index is 1.36. The normalized spacial score (nSPS) is 31.2. The van der Waals surface area contributed by atoms with Crippen molar-refractivity contribution < 1.29 is 0 Å². The Labute approximate surface area is 116 Å². The van der Waals surface area contributed by atoms with Crippen molar-refractivity contribution in [3.63, 3.8) is 0 Å². The van der Waals surface area contributed by atoms with Crippen LogP contribution in [0.2, 0.25) is 0 Å². The lowest BCUT2D eigenvalue weighted by Gasteiger charge is -2.21. The van der Waals surface area contributed by atoms with Crippen molar-refractivity contribution in [1.29, 1.82) is 0 Å². The van der Waals surface area contributed by atoms with Crippen LogP contribution in [0.25, 0.3) is 0 Å². The smallest absolute Gasteiger partial charge is 0.0701 e. The van der Waals surface area contributed by atoms with Gasteiger partial charge >= 0.3 is 0 Å². The van der Waals surface area contributed by atoms with E-state index in [2.05, 4.69) is 33.4 Å². The maximum absolute atomic E-state index is 3.66. The molecular weight excluding hydrogens is 294 g/mol. The van der Waals surface area contributed by atoms with Gasteiger partial charge in [0.1, 0.15) is 0 Å². The first-order valence-electron chi connectivity index (χ1n) is 6.76. The van der Waals surface area contributed by atoms with E-state index in [9.17, 15) is 0 Å². The summed E-state index contributed by atoms with van der Waals surface area (Å²) in [6.07, 6.45) is 7.24. The number of fused-ring (bicyclic) bond motifs is 2. The average molecular weight is 314 g/mol. The summed E-state index contributed by atoms with van der Waals surface area (Å²) in [5.74, 6) is 3.13. The first kappa shape index (κ1) is 12.2. The molecule has 0 radical (unpaired) electrons. The molecule has 0 aliphatic heterocycles. The average Bonchev–Trinajstić information content (AvgIpc) is 3.00. The second-order valence-corrected chi connectivity index (χ2v) is 8.14. The van der Waals surface area contributed by atoms with E-state index in [0.717, 1.165) is 24.3 Å². The monoisotopic (exact) mass is 313 g/mol. The molecule has 1 N–H and O–H groups in total. The second-order valence-electron chi connectivity index (χ2n) is 5.59. The van der Waals surface area contributed by atoms with Crippen molar-refractivity contribution in [2.45, 2.75) is 32.1 Å². The molecule has 3 unspecified atom stereocenters. The molecule has 2 saturated carbocycles. The summed E-state index contributed by atoms with van der Waals surface area (Å²) in [6, 6.07) is 4.38. The molecular formula is C14H20BrNS. The van der Waals surface area contributed by atoms with E-state index in [-0.39, 0.29) is 0 Å². The summed E-state index contributed by atoms with van der Waals surface area (Å²) in [5.41, 5.74) is 0. The number of thiophene rings is 1. The summed E-state index contributed by atoms with van der Waals surface area (Å²) in [6.45, 7) is 2.40. The summed E-state index contributed by atoms with van der Waals surface area (Å²) in [4.78, 5) is 1.48. The van der Waals surface area contributed by atoms with Gasteiger partial charge in [0, 0.05) is 4.88 Å². The van der Waals surface area contributed by atoms with Crippen LogP contribution >= 0.6 is 27.3 Å². The molecule has 2 bridgehead atoms. The number of rotatable bonds is 5. The fourth-order valence-corrected chi connectivity index (χ4v) is 5.09. The predicted molar refractivity (Wildman–Crippen MR) is 77.5 cm³/mol. The third-order valence-electron chi connectivity index (χ3n) is 4.47. The molecule has 0 amide bonds. The standard InChI is InChI=1S/C14H20BrNS/c15-14-4-3-13(17-14)5-6-16-9-12-8-10-1-2-11(12)7-10/h3-4,10-12,16H,1-2,5-9H2. The van der Waals surface area contributed by atoms with Crippen molar-refractivity contribution in [3.05, 3.63) is 20.8 Å². The molecule has 1 aromatic heterocycles. The molecule has 2 fully saturated rings. The van der Waals surface area contributed by atoms with Crippen molar-refractivity contribution >= 4 is 27.3 Å². The van der Waals surface area contributed by atoms with Crippen LogP contribution in [0.15, 0.2) is 15.9 Å². The summed E-state index contributed by atoms with van der Waals surface area (Å²) in [7, 11) is 0. The molecule has 0 saturated heterocycles. The van der Waals surface area contributed by atoms with E-state index in [0.29, 0.717) is 0 Å². The first-order chi connectivity index (χ1) is 8.31. The Morgan fingerprint density at radius 2 is 2.24 bits per heavy atom. The van der Waals surface area contributed by atoms with Gasteiger partial charge in [0.25, 0.3) is 0 Å². The van der Waals surface area contributed by atoms with E-state index < -0.39 is 0 Å². The Morgan fingerprint density at radius 1 is 1.29 bits per heavy atom. The van der Waals surface area contributed by atoms with E-state index >= 15 is 0 Å². The molecule has 0 spiro atoms. The van der Waals surface area contributed by atoms with Crippen LogP contribution in [0.3, 0.4) is 0 Å². The molecule has 17 heavy (non-hydrogen) atoms. The van der Waals surface area contributed by atoms with Crippen LogP contribution in [-0.2, 0) is 6.42 Å². The van der Waals surface area contributed by atoms with Gasteiger partial charge in [-0.05, 0) is 84.6 Å². The number of halogens is 1. The highest BCUT2D eigenvalue weighted by Gasteiger charge is 2.38. The zero-order chi connectivity index (χ0) is 11.7. The van der Waals surface area contributed by atoms with Crippen LogP contribution in [0.1, 0.15) is 30.6 Å². The summed E-state index contributed by atoms with van der Waals surface area (Å²) >= 11 is 5.37. The van der Waals surface area contributed by atoms with E-state index in [4.69, 9.17) is 0 Å². The lowest BCUT2D eigenvalue weighted by molar-refractivity contribution is 0.320.